The number of rotatable bonds is 3. The van der Waals surface area contributed by atoms with Crippen molar-refractivity contribution in [3.8, 4) is 17.2 Å². The predicted molar refractivity (Wildman–Crippen MR) is 114 cm³/mol. The van der Waals surface area contributed by atoms with Crippen LogP contribution in [0.25, 0.3) is 22.2 Å². The van der Waals surface area contributed by atoms with Gasteiger partial charge in [0.2, 0.25) is 0 Å². The van der Waals surface area contributed by atoms with Gasteiger partial charge in [-0.05, 0) is 12.1 Å². The van der Waals surface area contributed by atoms with Crippen LogP contribution in [-0.2, 0) is 19.0 Å². The van der Waals surface area contributed by atoms with Gasteiger partial charge in [-0.3, -0.25) is 0 Å². The predicted octanol–water partition coefficient (Wildman–Crippen LogP) is 4.04. The summed E-state index contributed by atoms with van der Waals surface area (Å²) in [5.41, 5.74) is 0.451. The molecule has 1 aliphatic heterocycles. The lowest BCUT2D eigenvalue weighted by molar-refractivity contribution is -0.211. The van der Waals surface area contributed by atoms with E-state index in [2.05, 4.69) is 26.3 Å². The Balaban J connectivity index is 1.52. The maximum Gasteiger partial charge on any atom is 0.504 e. The summed E-state index contributed by atoms with van der Waals surface area (Å²) in [6.45, 7) is 0.632. The second kappa shape index (κ2) is 7.79. The third-order valence-electron chi connectivity index (χ3n) is 6.07. The second-order valence-corrected chi connectivity index (χ2v) is 8.21. The van der Waals surface area contributed by atoms with Crippen LogP contribution >= 0.6 is 0 Å². The highest BCUT2D eigenvalue weighted by molar-refractivity contribution is 5.87. The number of benzene rings is 1. The first-order valence-corrected chi connectivity index (χ1v) is 10.4. The van der Waals surface area contributed by atoms with Crippen LogP contribution in [0.1, 0.15) is 24.2 Å². The number of anilines is 1. The van der Waals surface area contributed by atoms with E-state index in [1.807, 2.05) is 4.90 Å². The van der Waals surface area contributed by atoms with Gasteiger partial charge in [0.25, 0.3) is 0 Å². The Hall–Kier alpha value is -4.01. The van der Waals surface area contributed by atoms with Crippen LogP contribution in [-0.4, -0.2) is 42.6 Å². The molecule has 8 nitrogen and oxygen atoms in total. The molecule has 0 radical (unpaired) electrons. The van der Waals surface area contributed by atoms with E-state index in [0.717, 1.165) is 6.20 Å². The molecule has 0 N–H and O–H groups in total. The van der Waals surface area contributed by atoms with Crippen LogP contribution in [0.3, 0.4) is 0 Å². The molecule has 5 rings (SSSR count). The van der Waals surface area contributed by atoms with Crippen molar-refractivity contribution in [3.63, 3.8) is 0 Å². The van der Waals surface area contributed by atoms with Gasteiger partial charge >= 0.3 is 6.30 Å². The molecule has 1 aromatic carbocycles. The van der Waals surface area contributed by atoms with Crippen molar-refractivity contribution in [2.75, 3.05) is 18.0 Å². The maximum atomic E-state index is 15.6. The molecular formula is C22H18F4N8. The third kappa shape index (κ3) is 3.63. The molecule has 0 bridgehead atoms. The molecule has 3 aromatic heterocycles. The van der Waals surface area contributed by atoms with E-state index in [9.17, 15) is 18.4 Å². The zero-order chi connectivity index (χ0) is 24.1. The van der Waals surface area contributed by atoms with Crippen molar-refractivity contribution in [1.29, 1.82) is 5.26 Å². The van der Waals surface area contributed by atoms with Gasteiger partial charge in [0, 0.05) is 61.9 Å². The van der Waals surface area contributed by atoms with Crippen LogP contribution < -0.4 is 4.90 Å². The minimum atomic E-state index is -4.65. The minimum Gasteiger partial charge on any atom is -0.370 e. The molecule has 0 spiro atoms. The van der Waals surface area contributed by atoms with E-state index in [1.54, 1.807) is 35.9 Å². The number of aryl methyl sites for hydroxylation is 1. The molecule has 12 heteroatoms. The molecule has 1 fully saturated rings. The van der Waals surface area contributed by atoms with E-state index in [-0.39, 0.29) is 34.4 Å². The van der Waals surface area contributed by atoms with Crippen molar-refractivity contribution >= 4 is 16.7 Å². The fraction of sp³-hybridized carbons (Fsp3) is 0.318. The normalized spacial score (nSPS) is 16.1. The number of alkyl halides is 4. The number of nitriles is 1. The standard InChI is InChI=1S/C22H18F4N8/c1-32-13-29-30-20(32)21(23)5-7-33(8-6-21)18-14(10-27)3-2-4-17(18)15-9-16-12-34(22(24,25)26)31-19(16)28-11-15/h2-4,9,11-13H,5-8H2,1H3. The Kier molecular flexibility index (Phi) is 5.00. The number of hydrogen-bond donors (Lipinski definition) is 0. The molecule has 1 aliphatic rings. The zero-order valence-corrected chi connectivity index (χ0v) is 18.0. The van der Waals surface area contributed by atoms with Gasteiger partial charge in [0.15, 0.2) is 17.1 Å². The summed E-state index contributed by atoms with van der Waals surface area (Å²) in [4.78, 5) is 6.01. The molecule has 4 aromatic rings. The van der Waals surface area contributed by atoms with Gasteiger partial charge in [-0.1, -0.05) is 12.1 Å². The maximum absolute atomic E-state index is 15.6. The molecule has 0 aliphatic carbocycles. The van der Waals surface area contributed by atoms with Crippen LogP contribution in [0.4, 0.5) is 23.2 Å². The smallest absolute Gasteiger partial charge is 0.370 e. The van der Waals surface area contributed by atoms with E-state index >= 15 is 4.39 Å². The lowest BCUT2D eigenvalue weighted by atomic mass is 9.90. The fourth-order valence-electron chi connectivity index (χ4n) is 4.40. The van der Waals surface area contributed by atoms with Crippen LogP contribution in [0.2, 0.25) is 0 Å². The number of para-hydroxylation sites is 1. The van der Waals surface area contributed by atoms with E-state index < -0.39 is 12.0 Å². The van der Waals surface area contributed by atoms with Crippen molar-refractivity contribution < 1.29 is 17.6 Å². The first kappa shape index (κ1) is 21.8. The van der Waals surface area contributed by atoms with Gasteiger partial charge in [-0.15, -0.1) is 28.5 Å². The lowest BCUT2D eigenvalue weighted by Gasteiger charge is -2.38. The molecule has 0 unspecified atom stereocenters. The summed E-state index contributed by atoms with van der Waals surface area (Å²) in [6.07, 6.45) is -0.598. The highest BCUT2D eigenvalue weighted by Crippen LogP contribution is 2.41. The highest BCUT2D eigenvalue weighted by atomic mass is 19.4. The van der Waals surface area contributed by atoms with Crippen LogP contribution in [0.15, 0.2) is 43.0 Å². The van der Waals surface area contributed by atoms with Crippen molar-refractivity contribution in [3.05, 3.63) is 54.4 Å². The number of halogens is 4. The average Bonchev–Trinajstić information content (AvgIpc) is 3.45. The van der Waals surface area contributed by atoms with Crippen LogP contribution in [0, 0.1) is 11.3 Å². The van der Waals surface area contributed by atoms with Gasteiger partial charge < -0.3 is 9.47 Å². The van der Waals surface area contributed by atoms with Crippen LogP contribution in [0.5, 0.6) is 0 Å². The first-order chi connectivity index (χ1) is 16.2. The zero-order valence-electron chi connectivity index (χ0n) is 18.0. The monoisotopic (exact) mass is 470 g/mol. The summed E-state index contributed by atoms with van der Waals surface area (Å²) < 4.78 is 56.2. The van der Waals surface area contributed by atoms with Crippen molar-refractivity contribution in [2.45, 2.75) is 24.8 Å². The van der Waals surface area contributed by atoms with E-state index in [0.29, 0.717) is 35.5 Å². The molecule has 1 saturated heterocycles. The first-order valence-electron chi connectivity index (χ1n) is 10.4. The van der Waals surface area contributed by atoms with E-state index in [1.165, 1.54) is 12.5 Å². The number of fused-ring (bicyclic) bond motifs is 1. The Morgan fingerprint density at radius 3 is 2.59 bits per heavy atom. The van der Waals surface area contributed by atoms with Crippen molar-refractivity contribution in [1.82, 2.24) is 29.5 Å². The van der Waals surface area contributed by atoms with Gasteiger partial charge in [-0.2, -0.15) is 9.94 Å². The summed E-state index contributed by atoms with van der Waals surface area (Å²) >= 11 is 0. The minimum absolute atomic E-state index is 0.0390. The second-order valence-electron chi connectivity index (χ2n) is 8.21. The largest absolute Gasteiger partial charge is 0.504 e. The summed E-state index contributed by atoms with van der Waals surface area (Å²) in [6, 6.07) is 8.86. The van der Waals surface area contributed by atoms with Gasteiger partial charge in [-0.25, -0.2) is 9.37 Å². The van der Waals surface area contributed by atoms with Crippen molar-refractivity contribution in [2.24, 2.45) is 7.05 Å². The number of nitrogens with zero attached hydrogens (tertiary/aromatic N) is 8. The summed E-state index contributed by atoms with van der Waals surface area (Å²) in [5.74, 6) is 0.261. The lowest BCUT2D eigenvalue weighted by Crippen LogP contribution is -2.42. The Labute approximate surface area is 191 Å². The topological polar surface area (TPSA) is 88.4 Å². The third-order valence-corrected chi connectivity index (χ3v) is 6.07. The average molecular weight is 470 g/mol. The SMILES string of the molecule is Cn1cnnc1C1(F)CCN(c2c(C#N)cccc2-c2cnc3nn(C(F)(F)F)cc3c2)CC1. The van der Waals surface area contributed by atoms with Gasteiger partial charge in [0.05, 0.1) is 11.3 Å². The quantitative estimate of drug-likeness (QED) is 0.420. The molecule has 0 atom stereocenters. The molecule has 34 heavy (non-hydrogen) atoms. The summed E-state index contributed by atoms with van der Waals surface area (Å²) in [7, 11) is 1.69. The number of pyridine rings is 1. The summed E-state index contributed by atoms with van der Waals surface area (Å²) in [5, 5.41) is 21.1. The Morgan fingerprint density at radius 2 is 1.94 bits per heavy atom. The number of piperidine rings is 1. The van der Waals surface area contributed by atoms with Gasteiger partial charge in [0.1, 0.15) is 12.4 Å². The fourth-order valence-corrected chi connectivity index (χ4v) is 4.40. The molecular weight excluding hydrogens is 452 g/mol. The number of aromatic nitrogens is 6. The Bertz CT molecular complexity index is 1410. The number of hydrogen-bond acceptors (Lipinski definition) is 6. The molecule has 0 amide bonds. The van der Waals surface area contributed by atoms with E-state index in [4.69, 9.17) is 0 Å². The molecule has 174 valence electrons. The highest BCUT2D eigenvalue weighted by Gasteiger charge is 2.41. The Morgan fingerprint density at radius 1 is 1.18 bits per heavy atom. The molecule has 4 heterocycles. The molecule has 0 saturated carbocycles.